The second-order valence-electron chi connectivity index (χ2n) is 7.45. The zero-order valence-electron chi connectivity index (χ0n) is 19.2. The fourth-order valence-corrected chi connectivity index (χ4v) is 3.64. The van der Waals surface area contributed by atoms with Crippen molar-refractivity contribution < 1.29 is 23.8 Å². The summed E-state index contributed by atoms with van der Waals surface area (Å²) in [5.74, 6) is 0.367. The number of hydrogen-bond acceptors (Lipinski definition) is 5. The number of para-hydroxylation sites is 1. The van der Waals surface area contributed by atoms with E-state index in [-0.39, 0.29) is 25.5 Å². The predicted molar refractivity (Wildman–Crippen MR) is 127 cm³/mol. The Kier molecular flexibility index (Phi) is 8.47. The number of benzene rings is 3. The van der Waals surface area contributed by atoms with Gasteiger partial charge in [0.15, 0.2) is 0 Å². The molecule has 0 aliphatic heterocycles. The van der Waals surface area contributed by atoms with E-state index in [1.54, 1.807) is 12.0 Å². The van der Waals surface area contributed by atoms with E-state index >= 15 is 0 Å². The summed E-state index contributed by atoms with van der Waals surface area (Å²) in [7, 11) is 2.99. The average molecular weight is 448 g/mol. The van der Waals surface area contributed by atoms with Crippen molar-refractivity contribution in [2.24, 2.45) is 0 Å². The maximum Gasteiger partial charge on any atom is 0.410 e. The SMILES string of the molecule is CCN(Cc1c(CC(=O)OC)cccc1-c1ccccc1OC)C(=O)OCc1ccccc1. The molecule has 3 aromatic carbocycles. The van der Waals surface area contributed by atoms with E-state index in [1.807, 2.05) is 79.7 Å². The summed E-state index contributed by atoms with van der Waals surface area (Å²) >= 11 is 0. The van der Waals surface area contributed by atoms with Crippen LogP contribution in [-0.2, 0) is 33.8 Å². The second-order valence-corrected chi connectivity index (χ2v) is 7.45. The van der Waals surface area contributed by atoms with Crippen molar-refractivity contribution in [2.75, 3.05) is 20.8 Å². The first kappa shape index (κ1) is 23.9. The Bertz CT molecular complexity index is 1080. The zero-order chi connectivity index (χ0) is 23.6. The van der Waals surface area contributed by atoms with Gasteiger partial charge in [0.1, 0.15) is 12.4 Å². The van der Waals surface area contributed by atoms with Crippen LogP contribution in [0, 0.1) is 0 Å². The molecule has 6 heteroatoms. The lowest BCUT2D eigenvalue weighted by Crippen LogP contribution is -2.31. The Hall–Kier alpha value is -3.80. The van der Waals surface area contributed by atoms with Crippen LogP contribution in [0.15, 0.2) is 72.8 Å². The number of methoxy groups -OCH3 is 2. The molecule has 0 saturated carbocycles. The minimum Gasteiger partial charge on any atom is -0.496 e. The van der Waals surface area contributed by atoms with Crippen LogP contribution < -0.4 is 4.74 Å². The third kappa shape index (κ3) is 6.13. The first-order chi connectivity index (χ1) is 16.1. The van der Waals surface area contributed by atoms with Crippen molar-refractivity contribution in [3.8, 4) is 16.9 Å². The Labute approximate surface area is 194 Å². The van der Waals surface area contributed by atoms with Gasteiger partial charge in [-0.1, -0.05) is 66.7 Å². The van der Waals surface area contributed by atoms with Gasteiger partial charge in [0.05, 0.1) is 20.6 Å². The first-order valence-corrected chi connectivity index (χ1v) is 10.8. The van der Waals surface area contributed by atoms with Gasteiger partial charge in [-0.15, -0.1) is 0 Å². The molecular weight excluding hydrogens is 418 g/mol. The fourth-order valence-electron chi connectivity index (χ4n) is 3.64. The number of carbonyl (C=O) groups excluding carboxylic acids is 2. The summed E-state index contributed by atoms with van der Waals surface area (Å²) in [6.07, 6.45) is -0.314. The molecule has 0 N–H and O–H groups in total. The molecule has 0 aliphatic rings. The maximum absolute atomic E-state index is 12.9. The summed E-state index contributed by atoms with van der Waals surface area (Å²) in [4.78, 5) is 26.6. The highest BCUT2D eigenvalue weighted by Crippen LogP contribution is 2.34. The van der Waals surface area contributed by atoms with Crippen LogP contribution in [0.3, 0.4) is 0 Å². The van der Waals surface area contributed by atoms with Crippen LogP contribution in [-0.4, -0.2) is 37.7 Å². The minimum absolute atomic E-state index is 0.103. The summed E-state index contributed by atoms with van der Waals surface area (Å²) in [6.45, 7) is 2.82. The molecule has 0 radical (unpaired) electrons. The van der Waals surface area contributed by atoms with Gasteiger partial charge in [-0.25, -0.2) is 4.79 Å². The van der Waals surface area contributed by atoms with E-state index in [2.05, 4.69) is 0 Å². The fraction of sp³-hybridized carbons (Fsp3) is 0.259. The number of amides is 1. The van der Waals surface area contributed by atoms with Gasteiger partial charge in [-0.2, -0.15) is 0 Å². The van der Waals surface area contributed by atoms with Gasteiger partial charge in [0.25, 0.3) is 0 Å². The van der Waals surface area contributed by atoms with E-state index in [4.69, 9.17) is 14.2 Å². The molecule has 0 aromatic heterocycles. The van der Waals surface area contributed by atoms with Gasteiger partial charge in [0.2, 0.25) is 0 Å². The third-order valence-corrected chi connectivity index (χ3v) is 5.43. The van der Waals surface area contributed by atoms with Crippen LogP contribution >= 0.6 is 0 Å². The van der Waals surface area contributed by atoms with Crippen LogP contribution in [0.25, 0.3) is 11.1 Å². The number of ether oxygens (including phenoxy) is 3. The summed E-state index contributed by atoms with van der Waals surface area (Å²) < 4.78 is 16.0. The van der Waals surface area contributed by atoms with Crippen LogP contribution in [0.5, 0.6) is 5.75 Å². The molecule has 0 bridgehead atoms. The molecule has 3 rings (SSSR count). The van der Waals surface area contributed by atoms with Crippen LogP contribution in [0.1, 0.15) is 23.6 Å². The molecular formula is C27H29NO5. The van der Waals surface area contributed by atoms with Gasteiger partial charge < -0.3 is 19.1 Å². The molecule has 0 spiro atoms. The third-order valence-electron chi connectivity index (χ3n) is 5.43. The lowest BCUT2D eigenvalue weighted by atomic mass is 9.93. The molecule has 1 amide bonds. The molecule has 0 fully saturated rings. The molecule has 0 unspecified atom stereocenters. The van der Waals surface area contributed by atoms with Gasteiger partial charge in [-0.05, 0) is 35.2 Å². The van der Waals surface area contributed by atoms with Gasteiger partial charge in [0, 0.05) is 18.7 Å². The largest absolute Gasteiger partial charge is 0.496 e. The van der Waals surface area contributed by atoms with Crippen molar-refractivity contribution in [3.63, 3.8) is 0 Å². The molecule has 3 aromatic rings. The molecule has 0 atom stereocenters. The van der Waals surface area contributed by atoms with Gasteiger partial charge in [-0.3, -0.25) is 4.79 Å². The van der Waals surface area contributed by atoms with E-state index in [0.717, 1.165) is 27.8 Å². The van der Waals surface area contributed by atoms with E-state index in [1.165, 1.54) is 7.11 Å². The number of nitrogens with zero attached hydrogens (tertiary/aromatic N) is 1. The van der Waals surface area contributed by atoms with Crippen LogP contribution in [0.2, 0.25) is 0 Å². The highest BCUT2D eigenvalue weighted by atomic mass is 16.6. The molecule has 0 aliphatic carbocycles. The standard InChI is InChI=1S/C27H29NO5/c1-4-28(27(30)33-19-20-11-6-5-7-12-20)18-24-21(17-26(29)32-3)13-10-15-22(24)23-14-8-9-16-25(23)31-2/h5-16H,4,17-19H2,1-3H3. The van der Waals surface area contributed by atoms with Crippen molar-refractivity contribution in [3.05, 3.63) is 89.5 Å². The van der Waals surface area contributed by atoms with Crippen molar-refractivity contribution in [1.29, 1.82) is 0 Å². The lowest BCUT2D eigenvalue weighted by Gasteiger charge is -2.24. The predicted octanol–water partition coefficient (Wildman–Crippen LogP) is 5.24. The van der Waals surface area contributed by atoms with Crippen molar-refractivity contribution >= 4 is 12.1 Å². The Balaban J connectivity index is 1.94. The Morgan fingerprint density at radius 1 is 0.848 bits per heavy atom. The highest BCUT2D eigenvalue weighted by molar-refractivity contribution is 5.79. The monoisotopic (exact) mass is 447 g/mol. The Morgan fingerprint density at radius 2 is 1.55 bits per heavy atom. The van der Waals surface area contributed by atoms with Gasteiger partial charge >= 0.3 is 12.1 Å². The van der Waals surface area contributed by atoms with Crippen molar-refractivity contribution in [1.82, 2.24) is 4.90 Å². The smallest absolute Gasteiger partial charge is 0.410 e. The quantitative estimate of drug-likeness (QED) is 0.420. The lowest BCUT2D eigenvalue weighted by molar-refractivity contribution is -0.139. The van der Waals surface area contributed by atoms with Crippen molar-refractivity contribution in [2.45, 2.75) is 26.5 Å². The zero-order valence-corrected chi connectivity index (χ0v) is 19.2. The average Bonchev–Trinajstić information content (AvgIpc) is 2.86. The van der Waals surface area contributed by atoms with Crippen LogP contribution in [0.4, 0.5) is 4.79 Å². The maximum atomic E-state index is 12.9. The van der Waals surface area contributed by atoms with E-state index in [0.29, 0.717) is 12.3 Å². The minimum atomic E-state index is -0.416. The number of rotatable bonds is 9. The normalized spacial score (nSPS) is 10.4. The van der Waals surface area contributed by atoms with E-state index in [9.17, 15) is 9.59 Å². The second kappa shape index (κ2) is 11.7. The summed E-state index contributed by atoms with van der Waals surface area (Å²) in [5, 5.41) is 0. The number of hydrogen-bond donors (Lipinski definition) is 0. The molecule has 0 saturated heterocycles. The number of carbonyl (C=O) groups is 2. The van der Waals surface area contributed by atoms with E-state index < -0.39 is 6.09 Å². The highest BCUT2D eigenvalue weighted by Gasteiger charge is 2.21. The summed E-state index contributed by atoms with van der Waals surface area (Å²) in [6, 6.07) is 23.0. The Morgan fingerprint density at radius 3 is 2.24 bits per heavy atom. The summed E-state index contributed by atoms with van der Waals surface area (Å²) in [5.41, 5.74) is 4.34. The molecule has 0 heterocycles. The number of esters is 1. The molecule has 172 valence electrons. The molecule has 33 heavy (non-hydrogen) atoms. The first-order valence-electron chi connectivity index (χ1n) is 10.8. The topological polar surface area (TPSA) is 65.1 Å². The molecule has 6 nitrogen and oxygen atoms in total.